The zero-order valence-electron chi connectivity index (χ0n) is 45.4. The molecule has 6 heteroatoms. The molecule has 1 amide bonds. The van der Waals surface area contributed by atoms with Crippen LogP contribution in [0.25, 0.3) is 0 Å². The van der Waals surface area contributed by atoms with E-state index in [1.54, 1.807) is 0 Å². The first-order valence-corrected chi connectivity index (χ1v) is 30.4. The molecule has 2 unspecified atom stereocenters. The van der Waals surface area contributed by atoms with Crippen molar-refractivity contribution in [1.29, 1.82) is 0 Å². The van der Waals surface area contributed by atoms with Crippen molar-refractivity contribution in [2.24, 2.45) is 0 Å². The Hall–Kier alpha value is -1.40. The molecule has 0 aliphatic rings. The van der Waals surface area contributed by atoms with Gasteiger partial charge in [-0.3, -0.25) is 9.59 Å². The summed E-state index contributed by atoms with van der Waals surface area (Å²) in [6.45, 7) is 4.95. The number of amides is 1. The van der Waals surface area contributed by atoms with Crippen LogP contribution >= 0.6 is 0 Å². The Labute approximate surface area is 419 Å². The van der Waals surface area contributed by atoms with Crippen LogP contribution in [0.1, 0.15) is 341 Å². The van der Waals surface area contributed by atoms with E-state index in [1.165, 1.54) is 257 Å². The van der Waals surface area contributed by atoms with E-state index in [1.807, 2.05) is 0 Å². The zero-order valence-corrected chi connectivity index (χ0v) is 45.4. The maximum atomic E-state index is 12.5. The van der Waals surface area contributed by atoms with E-state index in [4.69, 9.17) is 4.74 Å². The van der Waals surface area contributed by atoms with E-state index < -0.39 is 12.1 Å². The molecule has 0 aromatic rings. The quantitative estimate of drug-likeness (QED) is 0.0321. The first-order chi connectivity index (χ1) is 33.0. The molecule has 398 valence electrons. The fourth-order valence-electron chi connectivity index (χ4n) is 9.64. The Balaban J connectivity index is 3.43. The van der Waals surface area contributed by atoms with Crippen molar-refractivity contribution in [3.8, 4) is 0 Å². The van der Waals surface area contributed by atoms with Crippen LogP contribution in [-0.4, -0.2) is 47.4 Å². The monoisotopic (exact) mass is 946 g/mol. The number of carbonyl (C=O) groups excluding carboxylic acids is 2. The van der Waals surface area contributed by atoms with Crippen molar-refractivity contribution in [1.82, 2.24) is 5.32 Å². The molecule has 3 N–H and O–H groups in total. The number of hydrogen-bond donors (Lipinski definition) is 3. The summed E-state index contributed by atoms with van der Waals surface area (Å²) in [6.07, 6.45) is 67.8. The fraction of sp³-hybridized carbons (Fsp3) is 0.934. The minimum absolute atomic E-state index is 0.00617. The smallest absolute Gasteiger partial charge is 0.305 e. The molecular weight excluding hydrogens is 827 g/mol. The zero-order chi connectivity index (χ0) is 48.6. The van der Waals surface area contributed by atoms with Gasteiger partial charge in [0.2, 0.25) is 5.91 Å². The number of aliphatic hydroxyl groups is 2. The lowest BCUT2D eigenvalue weighted by atomic mass is 10.0. The van der Waals surface area contributed by atoms with Gasteiger partial charge in [0.15, 0.2) is 0 Å². The molecule has 0 heterocycles. The molecular formula is C61H119NO5. The van der Waals surface area contributed by atoms with Gasteiger partial charge in [0.25, 0.3) is 0 Å². The molecule has 0 radical (unpaired) electrons. The van der Waals surface area contributed by atoms with E-state index in [0.717, 1.165) is 51.4 Å². The maximum Gasteiger partial charge on any atom is 0.305 e. The van der Waals surface area contributed by atoms with E-state index in [0.29, 0.717) is 25.9 Å². The van der Waals surface area contributed by atoms with Gasteiger partial charge in [-0.05, 0) is 51.4 Å². The van der Waals surface area contributed by atoms with E-state index in [2.05, 4.69) is 31.3 Å². The normalized spacial score (nSPS) is 12.6. The van der Waals surface area contributed by atoms with Crippen LogP contribution in [0.15, 0.2) is 12.2 Å². The predicted octanol–water partition coefficient (Wildman–Crippen LogP) is 18.9. The fourth-order valence-corrected chi connectivity index (χ4v) is 9.64. The highest BCUT2D eigenvalue weighted by Gasteiger charge is 2.20. The number of rotatable bonds is 57. The van der Waals surface area contributed by atoms with Crippen molar-refractivity contribution >= 4 is 11.9 Å². The van der Waals surface area contributed by atoms with E-state index in [-0.39, 0.29) is 18.5 Å². The molecule has 0 aliphatic carbocycles. The van der Waals surface area contributed by atoms with Crippen molar-refractivity contribution in [2.45, 2.75) is 353 Å². The summed E-state index contributed by atoms with van der Waals surface area (Å²) in [5.41, 5.74) is 0. The number of allylic oxidation sites excluding steroid dienone is 2. The topological polar surface area (TPSA) is 95.9 Å². The Morgan fingerprint density at radius 2 is 0.701 bits per heavy atom. The van der Waals surface area contributed by atoms with Gasteiger partial charge in [-0.2, -0.15) is 0 Å². The van der Waals surface area contributed by atoms with Gasteiger partial charge < -0.3 is 20.3 Å². The molecule has 2 atom stereocenters. The molecule has 0 saturated carbocycles. The van der Waals surface area contributed by atoms with E-state index >= 15 is 0 Å². The van der Waals surface area contributed by atoms with Crippen LogP contribution in [-0.2, 0) is 14.3 Å². The summed E-state index contributed by atoms with van der Waals surface area (Å²) >= 11 is 0. The second kappa shape index (κ2) is 57.2. The second-order valence-electron chi connectivity index (χ2n) is 21.0. The molecule has 0 rings (SSSR count). The van der Waals surface area contributed by atoms with Crippen molar-refractivity contribution in [2.75, 3.05) is 13.2 Å². The summed E-state index contributed by atoms with van der Waals surface area (Å²) in [5, 5.41) is 23.3. The van der Waals surface area contributed by atoms with Crippen molar-refractivity contribution in [3.63, 3.8) is 0 Å². The van der Waals surface area contributed by atoms with E-state index in [9.17, 15) is 19.8 Å². The molecule has 0 fully saturated rings. The predicted molar refractivity (Wildman–Crippen MR) is 292 cm³/mol. The van der Waals surface area contributed by atoms with Gasteiger partial charge >= 0.3 is 5.97 Å². The van der Waals surface area contributed by atoms with Crippen LogP contribution in [0.4, 0.5) is 0 Å². The third kappa shape index (κ3) is 53.8. The number of carbonyl (C=O) groups is 2. The van der Waals surface area contributed by atoms with Crippen LogP contribution in [0.3, 0.4) is 0 Å². The SMILES string of the molecule is CCCCCCCC/C=C\CCCCCCCC(=O)OCCCCCCCCCCCCCCCCCC(=O)NC(CO)C(O)CCCCCCCCCCCCCCCCCCCCCC. The van der Waals surface area contributed by atoms with Gasteiger partial charge in [-0.15, -0.1) is 0 Å². The van der Waals surface area contributed by atoms with Gasteiger partial charge in [-0.1, -0.05) is 289 Å². The second-order valence-corrected chi connectivity index (χ2v) is 21.0. The minimum Gasteiger partial charge on any atom is -0.466 e. The summed E-state index contributed by atoms with van der Waals surface area (Å²) in [7, 11) is 0. The first kappa shape index (κ1) is 65.6. The molecule has 0 saturated heterocycles. The Morgan fingerprint density at radius 1 is 0.403 bits per heavy atom. The largest absolute Gasteiger partial charge is 0.466 e. The maximum absolute atomic E-state index is 12.5. The highest BCUT2D eigenvalue weighted by Crippen LogP contribution is 2.18. The molecule has 0 spiro atoms. The van der Waals surface area contributed by atoms with Gasteiger partial charge in [0.1, 0.15) is 0 Å². The van der Waals surface area contributed by atoms with Gasteiger partial charge in [-0.25, -0.2) is 0 Å². The van der Waals surface area contributed by atoms with Crippen molar-refractivity contribution in [3.05, 3.63) is 12.2 Å². The first-order valence-electron chi connectivity index (χ1n) is 30.4. The summed E-state index contributed by atoms with van der Waals surface area (Å²) in [6, 6.07) is -0.548. The lowest BCUT2D eigenvalue weighted by molar-refractivity contribution is -0.143. The van der Waals surface area contributed by atoms with Gasteiger partial charge in [0.05, 0.1) is 25.4 Å². The minimum atomic E-state index is -0.670. The van der Waals surface area contributed by atoms with Crippen LogP contribution in [0, 0.1) is 0 Å². The molecule has 0 aromatic heterocycles. The Morgan fingerprint density at radius 3 is 1.06 bits per heavy atom. The van der Waals surface area contributed by atoms with Crippen LogP contribution < -0.4 is 5.32 Å². The third-order valence-electron chi connectivity index (χ3n) is 14.3. The summed E-state index contributed by atoms with van der Waals surface area (Å²) in [4.78, 5) is 24.6. The molecule has 0 aromatic carbocycles. The number of hydrogen-bond acceptors (Lipinski definition) is 5. The number of aliphatic hydroxyl groups excluding tert-OH is 2. The molecule has 6 nitrogen and oxygen atoms in total. The van der Waals surface area contributed by atoms with Crippen LogP contribution in [0.5, 0.6) is 0 Å². The highest BCUT2D eigenvalue weighted by atomic mass is 16.5. The number of esters is 1. The molecule has 0 aliphatic heterocycles. The summed E-state index contributed by atoms with van der Waals surface area (Å²) < 4.78 is 5.47. The third-order valence-corrected chi connectivity index (χ3v) is 14.3. The highest BCUT2D eigenvalue weighted by molar-refractivity contribution is 5.76. The number of unbranched alkanes of at least 4 members (excludes halogenated alkanes) is 44. The van der Waals surface area contributed by atoms with Crippen molar-refractivity contribution < 1.29 is 24.5 Å². The lowest BCUT2D eigenvalue weighted by Gasteiger charge is -2.22. The number of ether oxygens (including phenoxy) is 1. The Bertz CT molecular complexity index is 1000. The molecule has 0 bridgehead atoms. The Kier molecular flexibility index (Phi) is 56.0. The lowest BCUT2D eigenvalue weighted by Crippen LogP contribution is -2.45. The average molecular weight is 947 g/mol. The molecule has 67 heavy (non-hydrogen) atoms. The average Bonchev–Trinajstić information content (AvgIpc) is 3.33. The standard InChI is InChI=1S/C61H119NO5/c1-3-5-7-9-11-13-15-17-19-20-21-22-23-26-29-33-37-41-45-49-53-59(64)58(57-63)62-60(65)54-50-46-42-38-34-30-27-24-28-32-36-40-44-48-52-56-67-61(66)55-51-47-43-39-35-31-25-18-16-14-12-10-8-6-4-2/h18,25,58-59,63-64H,3-17,19-24,26-57H2,1-2H3,(H,62,65)/b25-18-. The number of nitrogens with one attached hydrogen (secondary N) is 1. The van der Waals surface area contributed by atoms with Crippen LogP contribution in [0.2, 0.25) is 0 Å². The van der Waals surface area contributed by atoms with Gasteiger partial charge in [0, 0.05) is 12.8 Å². The summed E-state index contributed by atoms with van der Waals surface area (Å²) in [5.74, 6) is -0.0463.